The highest BCUT2D eigenvalue weighted by Gasteiger charge is 2.16. The molecule has 158 valence electrons. The lowest BCUT2D eigenvalue weighted by atomic mass is 10.2. The number of nitrogens with one attached hydrogen (secondary N) is 1. The van der Waals surface area contributed by atoms with Crippen LogP contribution in [0.1, 0.15) is 37.2 Å². The third-order valence-electron chi connectivity index (χ3n) is 4.50. The van der Waals surface area contributed by atoms with E-state index in [0.717, 1.165) is 22.4 Å². The first-order chi connectivity index (χ1) is 14.4. The number of thioether (sulfide) groups is 1. The minimum Gasteiger partial charge on any atom is -0.356 e. The lowest BCUT2D eigenvalue weighted by Crippen LogP contribution is -2.27. The van der Waals surface area contributed by atoms with E-state index >= 15 is 0 Å². The van der Waals surface area contributed by atoms with Gasteiger partial charge in [-0.2, -0.15) is 0 Å². The molecule has 1 amide bonds. The van der Waals surface area contributed by atoms with Crippen LogP contribution in [-0.4, -0.2) is 27.2 Å². The van der Waals surface area contributed by atoms with Gasteiger partial charge in [-0.25, -0.2) is 0 Å². The van der Waals surface area contributed by atoms with Crippen LogP contribution in [0.25, 0.3) is 5.69 Å². The third kappa shape index (κ3) is 6.34. The SMILES string of the molecule is Cc1cccc(CSc2nnc(CCC(=O)NCC(C)C)n2-c2cccc(Cl)c2)c1. The first kappa shape index (κ1) is 22.4. The van der Waals surface area contributed by atoms with E-state index in [1.165, 1.54) is 11.1 Å². The van der Waals surface area contributed by atoms with E-state index in [9.17, 15) is 4.79 Å². The van der Waals surface area contributed by atoms with E-state index in [1.807, 2.05) is 28.8 Å². The number of rotatable bonds is 9. The fourth-order valence-corrected chi connectivity index (χ4v) is 4.11. The maximum absolute atomic E-state index is 12.2. The molecular weight excluding hydrogens is 416 g/mol. The van der Waals surface area contributed by atoms with E-state index in [0.29, 0.717) is 30.3 Å². The van der Waals surface area contributed by atoms with Gasteiger partial charge in [-0.05, 0) is 36.6 Å². The van der Waals surface area contributed by atoms with Gasteiger partial charge in [-0.15, -0.1) is 10.2 Å². The molecule has 0 bridgehead atoms. The molecule has 3 aromatic rings. The van der Waals surface area contributed by atoms with Crippen LogP contribution in [0, 0.1) is 12.8 Å². The summed E-state index contributed by atoms with van der Waals surface area (Å²) in [5, 5.41) is 13.2. The zero-order valence-corrected chi connectivity index (χ0v) is 19.1. The Morgan fingerprint density at radius 3 is 2.70 bits per heavy atom. The highest BCUT2D eigenvalue weighted by molar-refractivity contribution is 7.98. The van der Waals surface area contributed by atoms with E-state index in [1.54, 1.807) is 11.8 Å². The molecule has 1 heterocycles. The van der Waals surface area contributed by atoms with Crippen molar-refractivity contribution in [2.75, 3.05) is 6.54 Å². The molecule has 0 saturated carbocycles. The van der Waals surface area contributed by atoms with Crippen molar-refractivity contribution in [2.24, 2.45) is 5.92 Å². The van der Waals surface area contributed by atoms with Crippen molar-refractivity contribution < 1.29 is 4.79 Å². The lowest BCUT2D eigenvalue weighted by molar-refractivity contribution is -0.121. The van der Waals surface area contributed by atoms with E-state index < -0.39 is 0 Å². The van der Waals surface area contributed by atoms with Gasteiger partial charge in [-0.1, -0.05) is 73.1 Å². The van der Waals surface area contributed by atoms with Gasteiger partial charge in [-0.3, -0.25) is 9.36 Å². The van der Waals surface area contributed by atoms with Gasteiger partial charge in [0.2, 0.25) is 5.91 Å². The Morgan fingerprint density at radius 2 is 1.97 bits per heavy atom. The van der Waals surface area contributed by atoms with Crippen LogP contribution in [0.15, 0.2) is 53.7 Å². The monoisotopic (exact) mass is 442 g/mol. The van der Waals surface area contributed by atoms with Crippen molar-refractivity contribution in [1.82, 2.24) is 20.1 Å². The minimum absolute atomic E-state index is 0.0262. The Bertz CT molecular complexity index is 1000. The average molecular weight is 443 g/mol. The zero-order chi connectivity index (χ0) is 21.5. The Hall–Kier alpha value is -2.31. The Labute approximate surface area is 187 Å². The van der Waals surface area contributed by atoms with Gasteiger partial charge in [0, 0.05) is 30.2 Å². The predicted molar refractivity (Wildman–Crippen MR) is 123 cm³/mol. The number of carbonyl (C=O) groups excluding carboxylic acids is 1. The second-order valence-electron chi connectivity index (χ2n) is 7.69. The molecule has 0 aliphatic rings. The van der Waals surface area contributed by atoms with Gasteiger partial charge in [0.1, 0.15) is 5.82 Å². The van der Waals surface area contributed by atoms with Crippen molar-refractivity contribution in [1.29, 1.82) is 0 Å². The molecular formula is C23H27ClN4OS. The molecule has 0 fully saturated rings. The van der Waals surface area contributed by atoms with Crippen molar-refractivity contribution in [3.63, 3.8) is 0 Å². The summed E-state index contributed by atoms with van der Waals surface area (Å²) in [7, 11) is 0. The molecule has 3 rings (SSSR count). The summed E-state index contributed by atoms with van der Waals surface area (Å²) < 4.78 is 2.00. The van der Waals surface area contributed by atoms with Crippen molar-refractivity contribution in [2.45, 2.75) is 44.5 Å². The van der Waals surface area contributed by atoms with Gasteiger partial charge < -0.3 is 5.32 Å². The molecule has 0 spiro atoms. The highest BCUT2D eigenvalue weighted by atomic mass is 35.5. The number of carbonyl (C=O) groups is 1. The molecule has 7 heteroatoms. The first-order valence-electron chi connectivity index (χ1n) is 10.1. The average Bonchev–Trinajstić information content (AvgIpc) is 3.12. The number of hydrogen-bond donors (Lipinski definition) is 1. The third-order valence-corrected chi connectivity index (χ3v) is 5.74. The lowest BCUT2D eigenvalue weighted by Gasteiger charge is -2.11. The van der Waals surface area contributed by atoms with Crippen LogP contribution in [0.3, 0.4) is 0 Å². The minimum atomic E-state index is 0.0262. The number of aryl methyl sites for hydroxylation is 2. The number of hydrogen-bond acceptors (Lipinski definition) is 4. The van der Waals surface area contributed by atoms with Gasteiger partial charge in [0.25, 0.3) is 0 Å². The summed E-state index contributed by atoms with van der Waals surface area (Å²) in [6.07, 6.45) is 0.877. The fraction of sp³-hybridized carbons (Fsp3) is 0.348. The molecule has 2 aromatic carbocycles. The predicted octanol–water partition coefficient (Wildman–Crippen LogP) is 5.23. The van der Waals surface area contributed by atoms with Crippen molar-refractivity contribution in [3.8, 4) is 5.69 Å². The highest BCUT2D eigenvalue weighted by Crippen LogP contribution is 2.27. The summed E-state index contributed by atoms with van der Waals surface area (Å²) in [6, 6.07) is 16.1. The quantitative estimate of drug-likeness (QED) is 0.461. The smallest absolute Gasteiger partial charge is 0.220 e. The number of aromatic nitrogens is 3. The van der Waals surface area contributed by atoms with Crippen LogP contribution in [0.4, 0.5) is 0 Å². The number of halogens is 1. The molecule has 30 heavy (non-hydrogen) atoms. The molecule has 0 atom stereocenters. The largest absolute Gasteiger partial charge is 0.356 e. The topological polar surface area (TPSA) is 59.8 Å². The summed E-state index contributed by atoms with van der Waals surface area (Å²) in [5.74, 6) is 1.99. The molecule has 0 aliphatic heterocycles. The van der Waals surface area contributed by atoms with Gasteiger partial charge in [0.05, 0.1) is 5.69 Å². The Balaban J connectivity index is 1.79. The Kier molecular flexibility index (Phi) is 7.94. The standard InChI is InChI=1S/C23H27ClN4OS/c1-16(2)14-25-22(29)11-10-21-26-27-23(28(21)20-9-5-8-19(24)13-20)30-15-18-7-4-6-17(3)12-18/h4-9,12-13,16H,10-11,14-15H2,1-3H3,(H,25,29). The van der Waals surface area contributed by atoms with Crippen LogP contribution in [0.2, 0.25) is 5.02 Å². The van der Waals surface area contributed by atoms with E-state index in [-0.39, 0.29) is 5.91 Å². The molecule has 0 unspecified atom stereocenters. The molecule has 5 nitrogen and oxygen atoms in total. The summed E-state index contributed by atoms with van der Waals surface area (Å²) in [6.45, 7) is 6.92. The van der Waals surface area contributed by atoms with Crippen molar-refractivity contribution >= 4 is 29.3 Å². The Morgan fingerprint density at radius 1 is 1.17 bits per heavy atom. The summed E-state index contributed by atoms with van der Waals surface area (Å²) in [4.78, 5) is 12.2. The second-order valence-corrected chi connectivity index (χ2v) is 9.07. The van der Waals surface area contributed by atoms with Crippen LogP contribution < -0.4 is 5.32 Å². The first-order valence-corrected chi connectivity index (χ1v) is 11.4. The fourth-order valence-electron chi connectivity index (χ4n) is 3.01. The number of nitrogens with zero attached hydrogens (tertiary/aromatic N) is 3. The van der Waals surface area contributed by atoms with Crippen LogP contribution in [0.5, 0.6) is 0 Å². The van der Waals surface area contributed by atoms with Gasteiger partial charge >= 0.3 is 0 Å². The second kappa shape index (κ2) is 10.6. The summed E-state index contributed by atoms with van der Waals surface area (Å²) in [5.41, 5.74) is 3.37. The molecule has 0 saturated heterocycles. The number of benzene rings is 2. The molecule has 1 N–H and O–H groups in total. The molecule has 0 aliphatic carbocycles. The maximum Gasteiger partial charge on any atom is 0.220 e. The van der Waals surface area contributed by atoms with Crippen LogP contribution in [-0.2, 0) is 17.0 Å². The van der Waals surface area contributed by atoms with E-state index in [2.05, 4.69) is 60.6 Å². The van der Waals surface area contributed by atoms with E-state index in [4.69, 9.17) is 11.6 Å². The normalized spacial score (nSPS) is 11.1. The summed E-state index contributed by atoms with van der Waals surface area (Å²) >= 11 is 7.85. The van der Waals surface area contributed by atoms with Gasteiger partial charge in [0.15, 0.2) is 5.16 Å². The maximum atomic E-state index is 12.2. The zero-order valence-electron chi connectivity index (χ0n) is 17.6. The number of amides is 1. The molecule has 1 aromatic heterocycles. The van der Waals surface area contributed by atoms with Crippen molar-refractivity contribution in [3.05, 3.63) is 70.5 Å². The van der Waals surface area contributed by atoms with Crippen LogP contribution >= 0.6 is 23.4 Å². The molecule has 0 radical (unpaired) electrons.